The number of nitrogens with zero attached hydrogens (tertiary/aromatic N) is 2. The summed E-state index contributed by atoms with van der Waals surface area (Å²) in [6, 6.07) is 9.04. The average molecular weight is 327 g/mol. The number of benzene rings is 2. The van der Waals surface area contributed by atoms with Gasteiger partial charge in [-0.25, -0.2) is 13.8 Å². The fraction of sp³-hybridized carbons (Fsp3) is 0.133. The minimum atomic E-state index is -0.527. The van der Waals surface area contributed by atoms with Gasteiger partial charge in [0.2, 0.25) is 0 Å². The smallest absolute Gasteiger partial charge is 0.144 e. The van der Waals surface area contributed by atoms with Gasteiger partial charge in [0, 0.05) is 12.6 Å². The largest absolute Gasteiger partial charge is 0.322 e. The molecule has 108 valence electrons. The van der Waals surface area contributed by atoms with Gasteiger partial charge in [0.25, 0.3) is 0 Å². The molecule has 3 rings (SSSR count). The minimum absolute atomic E-state index is 0.0176. The van der Waals surface area contributed by atoms with Crippen LogP contribution in [0.15, 0.2) is 36.4 Å². The molecule has 2 nitrogen and oxygen atoms in total. The summed E-state index contributed by atoms with van der Waals surface area (Å²) in [7, 11) is 0. The Morgan fingerprint density at radius 3 is 2.67 bits per heavy atom. The zero-order valence-corrected chi connectivity index (χ0v) is 12.3. The number of hydrogen-bond acceptors (Lipinski definition) is 1. The molecule has 21 heavy (non-hydrogen) atoms. The van der Waals surface area contributed by atoms with Crippen LogP contribution in [-0.2, 0) is 12.4 Å². The lowest BCUT2D eigenvalue weighted by Crippen LogP contribution is -2.04. The molecule has 0 saturated heterocycles. The van der Waals surface area contributed by atoms with Crippen molar-refractivity contribution in [1.82, 2.24) is 9.55 Å². The second kappa shape index (κ2) is 5.62. The fourth-order valence-corrected chi connectivity index (χ4v) is 2.63. The van der Waals surface area contributed by atoms with Crippen LogP contribution in [-0.4, -0.2) is 9.55 Å². The van der Waals surface area contributed by atoms with Crippen molar-refractivity contribution in [3.05, 3.63) is 64.4 Å². The number of fused-ring (bicyclic) bond motifs is 1. The molecule has 2 aromatic carbocycles. The van der Waals surface area contributed by atoms with Crippen molar-refractivity contribution in [2.75, 3.05) is 0 Å². The van der Waals surface area contributed by atoms with Crippen LogP contribution in [0.4, 0.5) is 8.78 Å². The van der Waals surface area contributed by atoms with E-state index in [9.17, 15) is 8.78 Å². The first kappa shape index (κ1) is 14.3. The maximum absolute atomic E-state index is 13.5. The van der Waals surface area contributed by atoms with Crippen molar-refractivity contribution in [1.29, 1.82) is 0 Å². The SMILES string of the molecule is Fc1cccc(Cn2c(CCl)nc3cc(F)c(Cl)cc32)c1. The van der Waals surface area contributed by atoms with E-state index in [-0.39, 0.29) is 16.7 Å². The molecule has 0 saturated carbocycles. The molecular weight excluding hydrogens is 317 g/mol. The van der Waals surface area contributed by atoms with E-state index in [1.54, 1.807) is 12.1 Å². The van der Waals surface area contributed by atoms with E-state index in [0.717, 1.165) is 5.56 Å². The molecule has 0 aliphatic carbocycles. The van der Waals surface area contributed by atoms with E-state index >= 15 is 0 Å². The summed E-state index contributed by atoms with van der Waals surface area (Å²) >= 11 is 11.7. The predicted octanol–water partition coefficient (Wildman–Crippen LogP) is 4.76. The van der Waals surface area contributed by atoms with Gasteiger partial charge >= 0.3 is 0 Å². The molecular formula is C15H10Cl2F2N2. The van der Waals surface area contributed by atoms with Gasteiger partial charge in [0.05, 0.1) is 21.9 Å². The van der Waals surface area contributed by atoms with Crippen LogP contribution in [0.5, 0.6) is 0 Å². The number of hydrogen-bond donors (Lipinski definition) is 0. The lowest BCUT2D eigenvalue weighted by atomic mass is 10.2. The second-order valence-corrected chi connectivity index (χ2v) is 5.31. The predicted molar refractivity (Wildman–Crippen MR) is 79.8 cm³/mol. The van der Waals surface area contributed by atoms with E-state index in [4.69, 9.17) is 23.2 Å². The maximum Gasteiger partial charge on any atom is 0.144 e. The van der Waals surface area contributed by atoms with E-state index in [1.165, 1.54) is 24.3 Å². The monoisotopic (exact) mass is 326 g/mol. The van der Waals surface area contributed by atoms with Gasteiger partial charge in [-0.05, 0) is 23.8 Å². The number of halogens is 4. The Bertz CT molecular complexity index is 815. The van der Waals surface area contributed by atoms with E-state index < -0.39 is 5.82 Å². The van der Waals surface area contributed by atoms with Crippen LogP contribution in [0.25, 0.3) is 11.0 Å². The molecule has 6 heteroatoms. The number of imidazole rings is 1. The molecule has 0 fully saturated rings. The molecule has 0 unspecified atom stereocenters. The molecule has 1 heterocycles. The first-order valence-corrected chi connectivity index (χ1v) is 7.14. The van der Waals surface area contributed by atoms with Crippen molar-refractivity contribution in [3.8, 4) is 0 Å². The number of alkyl halides is 1. The number of aromatic nitrogens is 2. The minimum Gasteiger partial charge on any atom is -0.322 e. The number of rotatable bonds is 3. The molecule has 0 radical (unpaired) electrons. The molecule has 0 atom stereocenters. The Morgan fingerprint density at radius 2 is 1.95 bits per heavy atom. The highest BCUT2D eigenvalue weighted by Crippen LogP contribution is 2.25. The van der Waals surface area contributed by atoms with Crippen molar-refractivity contribution in [2.24, 2.45) is 0 Å². The average Bonchev–Trinajstić information content (AvgIpc) is 2.77. The van der Waals surface area contributed by atoms with Crippen LogP contribution >= 0.6 is 23.2 Å². The standard InChI is InChI=1S/C15H10Cl2F2N2/c16-7-15-20-13-6-12(19)11(17)5-14(13)21(15)8-9-2-1-3-10(18)4-9/h1-6H,7-8H2. The fourth-order valence-electron chi connectivity index (χ4n) is 2.27. The Morgan fingerprint density at radius 1 is 1.14 bits per heavy atom. The van der Waals surface area contributed by atoms with Crippen molar-refractivity contribution >= 4 is 34.2 Å². The quantitative estimate of drug-likeness (QED) is 0.635. The molecule has 0 amide bonds. The van der Waals surface area contributed by atoms with Gasteiger partial charge < -0.3 is 4.57 Å². The third-order valence-corrected chi connectivity index (χ3v) is 3.75. The van der Waals surface area contributed by atoms with Gasteiger partial charge in [-0.2, -0.15) is 0 Å². The third kappa shape index (κ3) is 2.74. The molecule has 3 aromatic rings. The van der Waals surface area contributed by atoms with Crippen LogP contribution in [0.1, 0.15) is 11.4 Å². The van der Waals surface area contributed by atoms with Crippen LogP contribution in [0.3, 0.4) is 0 Å². The Balaban J connectivity index is 2.14. The topological polar surface area (TPSA) is 17.8 Å². The van der Waals surface area contributed by atoms with Crippen LogP contribution in [0.2, 0.25) is 5.02 Å². The highest BCUT2D eigenvalue weighted by molar-refractivity contribution is 6.31. The maximum atomic E-state index is 13.5. The van der Waals surface area contributed by atoms with Crippen molar-refractivity contribution in [3.63, 3.8) is 0 Å². The van der Waals surface area contributed by atoms with Gasteiger partial charge in [-0.1, -0.05) is 23.7 Å². The zero-order chi connectivity index (χ0) is 15.0. The Kier molecular flexibility index (Phi) is 3.83. The van der Waals surface area contributed by atoms with Crippen LogP contribution in [0, 0.1) is 11.6 Å². The lowest BCUT2D eigenvalue weighted by Gasteiger charge is -2.08. The zero-order valence-electron chi connectivity index (χ0n) is 10.8. The summed E-state index contributed by atoms with van der Waals surface area (Å²) in [6.45, 7) is 0.387. The van der Waals surface area contributed by atoms with Gasteiger partial charge in [0.1, 0.15) is 17.5 Å². The lowest BCUT2D eigenvalue weighted by molar-refractivity contribution is 0.623. The van der Waals surface area contributed by atoms with Crippen molar-refractivity contribution < 1.29 is 8.78 Å². The molecule has 0 aliphatic heterocycles. The first-order valence-electron chi connectivity index (χ1n) is 6.23. The van der Waals surface area contributed by atoms with E-state index in [2.05, 4.69) is 4.98 Å². The highest BCUT2D eigenvalue weighted by atomic mass is 35.5. The summed E-state index contributed by atoms with van der Waals surface area (Å²) in [4.78, 5) is 4.29. The molecule has 1 aromatic heterocycles. The molecule has 0 bridgehead atoms. The van der Waals surface area contributed by atoms with E-state index in [1.807, 2.05) is 4.57 Å². The summed E-state index contributed by atoms with van der Waals surface area (Å²) in [5.41, 5.74) is 1.91. The van der Waals surface area contributed by atoms with Gasteiger partial charge in [-0.3, -0.25) is 0 Å². The van der Waals surface area contributed by atoms with Crippen molar-refractivity contribution in [2.45, 2.75) is 12.4 Å². The van der Waals surface area contributed by atoms with Gasteiger partial charge in [-0.15, -0.1) is 11.6 Å². The molecule has 0 N–H and O–H groups in total. The summed E-state index contributed by atoms with van der Waals surface area (Å²) < 4.78 is 28.6. The van der Waals surface area contributed by atoms with E-state index in [0.29, 0.717) is 23.4 Å². The Hall–Kier alpha value is -1.65. The normalized spacial score (nSPS) is 11.2. The third-order valence-electron chi connectivity index (χ3n) is 3.22. The Labute approximate surface area is 129 Å². The highest BCUT2D eigenvalue weighted by Gasteiger charge is 2.13. The van der Waals surface area contributed by atoms with Gasteiger partial charge in [0.15, 0.2) is 0 Å². The van der Waals surface area contributed by atoms with Crippen LogP contribution < -0.4 is 0 Å². The summed E-state index contributed by atoms with van der Waals surface area (Å²) in [5, 5.41) is 0.0176. The first-order chi connectivity index (χ1) is 10.1. The molecule has 0 aliphatic rings. The molecule has 0 spiro atoms. The summed E-state index contributed by atoms with van der Waals surface area (Å²) in [6.07, 6.45) is 0. The summed E-state index contributed by atoms with van der Waals surface area (Å²) in [5.74, 6) is -0.0878. The second-order valence-electron chi connectivity index (χ2n) is 4.63.